The number of hydrogen-bond acceptors (Lipinski definition) is 3. The molecule has 3 atom stereocenters. The molecule has 3 heteroatoms. The van der Waals surface area contributed by atoms with E-state index in [1.165, 1.54) is 0 Å². The van der Waals surface area contributed by atoms with Gasteiger partial charge in [-0.25, -0.2) is 0 Å². The van der Waals surface area contributed by atoms with E-state index in [-0.39, 0.29) is 0 Å². The van der Waals surface area contributed by atoms with Crippen LogP contribution in [0.15, 0.2) is 60.7 Å². The molecule has 2 aliphatic rings. The molecule has 0 spiro atoms. The van der Waals surface area contributed by atoms with Crippen molar-refractivity contribution in [2.24, 2.45) is 11.8 Å². The number of nitrogens with zero attached hydrogens (tertiary/aromatic N) is 1. The van der Waals surface area contributed by atoms with Crippen molar-refractivity contribution < 1.29 is 9.47 Å². The molecule has 0 aliphatic heterocycles. The van der Waals surface area contributed by atoms with Crippen LogP contribution < -0.4 is 9.47 Å². The lowest BCUT2D eigenvalue weighted by molar-refractivity contribution is 0.283. The van der Waals surface area contributed by atoms with E-state index in [0.717, 1.165) is 36.8 Å². The highest BCUT2D eigenvalue weighted by Gasteiger charge is 2.46. The van der Waals surface area contributed by atoms with Crippen molar-refractivity contribution >= 4 is 0 Å². The summed E-state index contributed by atoms with van der Waals surface area (Å²) in [4.78, 5) is 0. The average Bonchev–Trinajstić information content (AvgIpc) is 3.13. The Labute approximate surface area is 161 Å². The summed E-state index contributed by atoms with van der Waals surface area (Å²) in [6.07, 6.45) is 8.61. The van der Waals surface area contributed by atoms with Crippen LogP contribution in [-0.2, 0) is 12.0 Å². The molecule has 2 aliphatic carbocycles. The number of methoxy groups -OCH3 is 1. The standard InChI is InChI=1S/C24H25NO2/c1-26-22-12-11-21(13-23(22)27-16-18-7-3-2-4-8-18)24(17-25)14-19-9-5-6-10-20(19)15-24/h2-8,11-13,19-20H,9-10,14-16H2,1H3/t19-,20+,24?. The summed E-state index contributed by atoms with van der Waals surface area (Å²) >= 11 is 0. The number of benzene rings is 2. The zero-order valence-corrected chi connectivity index (χ0v) is 15.7. The van der Waals surface area contributed by atoms with Crippen molar-refractivity contribution in [3.63, 3.8) is 0 Å². The lowest BCUT2D eigenvalue weighted by atomic mass is 9.79. The van der Waals surface area contributed by atoms with Crippen molar-refractivity contribution in [2.45, 2.75) is 37.7 Å². The van der Waals surface area contributed by atoms with Gasteiger partial charge < -0.3 is 9.47 Å². The maximum Gasteiger partial charge on any atom is 0.161 e. The quantitative estimate of drug-likeness (QED) is 0.670. The minimum absolute atomic E-state index is 0.418. The van der Waals surface area contributed by atoms with Crippen LogP contribution in [0.25, 0.3) is 0 Å². The third-order valence-corrected chi connectivity index (χ3v) is 6.10. The Balaban J connectivity index is 1.60. The topological polar surface area (TPSA) is 42.2 Å². The minimum atomic E-state index is -0.418. The van der Waals surface area contributed by atoms with E-state index < -0.39 is 5.41 Å². The molecule has 0 N–H and O–H groups in total. The molecular formula is C24H25NO2. The second-order valence-electron chi connectivity index (χ2n) is 7.71. The predicted octanol–water partition coefficient (Wildman–Crippen LogP) is 5.41. The minimum Gasteiger partial charge on any atom is -0.493 e. The fourth-order valence-corrected chi connectivity index (χ4v) is 4.62. The molecule has 2 aromatic rings. The Hall–Kier alpha value is -2.73. The van der Waals surface area contributed by atoms with E-state index >= 15 is 0 Å². The molecule has 1 saturated carbocycles. The molecule has 4 rings (SSSR count). The van der Waals surface area contributed by atoms with Crippen LogP contribution in [0.3, 0.4) is 0 Å². The summed E-state index contributed by atoms with van der Waals surface area (Å²) < 4.78 is 11.6. The first-order valence-corrected chi connectivity index (χ1v) is 9.65. The molecule has 0 saturated heterocycles. The average molecular weight is 359 g/mol. The van der Waals surface area contributed by atoms with Crippen LogP contribution >= 0.6 is 0 Å². The Morgan fingerprint density at radius 1 is 1.00 bits per heavy atom. The van der Waals surface area contributed by atoms with Crippen LogP contribution in [0.5, 0.6) is 11.5 Å². The summed E-state index contributed by atoms with van der Waals surface area (Å²) in [5.74, 6) is 2.65. The van der Waals surface area contributed by atoms with E-state index in [1.807, 2.05) is 48.5 Å². The maximum absolute atomic E-state index is 10.1. The highest BCUT2D eigenvalue weighted by atomic mass is 16.5. The van der Waals surface area contributed by atoms with E-state index in [1.54, 1.807) is 7.11 Å². The van der Waals surface area contributed by atoms with Crippen LogP contribution in [0, 0.1) is 23.2 Å². The first kappa shape index (κ1) is 17.7. The zero-order valence-electron chi connectivity index (χ0n) is 15.7. The van der Waals surface area contributed by atoms with Crippen molar-refractivity contribution in [2.75, 3.05) is 7.11 Å². The van der Waals surface area contributed by atoms with E-state index in [0.29, 0.717) is 29.9 Å². The summed E-state index contributed by atoms with van der Waals surface area (Å²) in [5.41, 5.74) is 1.75. The maximum atomic E-state index is 10.1. The molecule has 27 heavy (non-hydrogen) atoms. The fourth-order valence-electron chi connectivity index (χ4n) is 4.62. The lowest BCUT2D eigenvalue weighted by Gasteiger charge is -2.23. The lowest BCUT2D eigenvalue weighted by Crippen LogP contribution is -2.20. The van der Waals surface area contributed by atoms with E-state index in [4.69, 9.17) is 9.47 Å². The van der Waals surface area contributed by atoms with Gasteiger partial charge in [0, 0.05) is 0 Å². The number of ether oxygens (including phenoxy) is 2. The molecule has 0 aromatic heterocycles. The fraction of sp³-hybridized carbons (Fsp3) is 0.375. The summed E-state index contributed by atoms with van der Waals surface area (Å²) in [7, 11) is 1.65. The second-order valence-corrected chi connectivity index (χ2v) is 7.71. The van der Waals surface area contributed by atoms with Crippen LogP contribution in [0.2, 0.25) is 0 Å². The van der Waals surface area contributed by atoms with Crippen LogP contribution in [-0.4, -0.2) is 7.11 Å². The van der Waals surface area contributed by atoms with Gasteiger partial charge in [0.05, 0.1) is 18.6 Å². The van der Waals surface area contributed by atoms with Gasteiger partial charge in [-0.1, -0.05) is 48.6 Å². The van der Waals surface area contributed by atoms with E-state index in [2.05, 4.69) is 18.2 Å². The van der Waals surface area contributed by atoms with Crippen molar-refractivity contribution in [3.8, 4) is 17.6 Å². The van der Waals surface area contributed by atoms with Crippen molar-refractivity contribution in [1.82, 2.24) is 0 Å². The van der Waals surface area contributed by atoms with Gasteiger partial charge in [0.15, 0.2) is 11.5 Å². The van der Waals surface area contributed by atoms with Crippen LogP contribution in [0.1, 0.15) is 36.8 Å². The van der Waals surface area contributed by atoms with E-state index in [9.17, 15) is 5.26 Å². The number of rotatable bonds is 5. The Morgan fingerprint density at radius 2 is 1.70 bits per heavy atom. The smallest absolute Gasteiger partial charge is 0.161 e. The predicted molar refractivity (Wildman–Crippen MR) is 106 cm³/mol. The molecule has 2 aromatic carbocycles. The van der Waals surface area contributed by atoms with Gasteiger partial charge >= 0.3 is 0 Å². The number of nitriles is 1. The molecule has 0 radical (unpaired) electrons. The highest BCUT2D eigenvalue weighted by molar-refractivity contribution is 5.48. The third-order valence-electron chi connectivity index (χ3n) is 6.10. The molecular weight excluding hydrogens is 334 g/mol. The number of hydrogen-bond donors (Lipinski definition) is 0. The SMILES string of the molecule is COc1ccc(C2(C#N)C[C@H]3CC=CC[C@H]3C2)cc1OCc1ccccc1. The highest BCUT2D eigenvalue weighted by Crippen LogP contribution is 2.52. The Bertz CT molecular complexity index is 850. The molecule has 1 fully saturated rings. The van der Waals surface area contributed by atoms with Gasteiger partial charge in [-0.05, 0) is 60.8 Å². The summed E-state index contributed by atoms with van der Waals surface area (Å²) in [6, 6.07) is 18.8. The number of allylic oxidation sites excluding steroid dienone is 2. The van der Waals surface area contributed by atoms with Gasteiger partial charge in [0.2, 0.25) is 0 Å². The summed E-state index contributed by atoms with van der Waals surface area (Å²) in [5, 5.41) is 10.1. The molecule has 0 heterocycles. The van der Waals surface area contributed by atoms with Gasteiger partial charge in [0.1, 0.15) is 6.61 Å². The van der Waals surface area contributed by atoms with Gasteiger partial charge in [-0.2, -0.15) is 5.26 Å². The third kappa shape index (κ3) is 3.45. The van der Waals surface area contributed by atoms with Crippen molar-refractivity contribution in [1.29, 1.82) is 5.26 Å². The largest absolute Gasteiger partial charge is 0.493 e. The molecule has 1 unspecified atom stereocenters. The first-order chi connectivity index (χ1) is 13.2. The second kappa shape index (κ2) is 7.48. The zero-order chi connectivity index (χ0) is 18.7. The first-order valence-electron chi connectivity index (χ1n) is 9.65. The van der Waals surface area contributed by atoms with Crippen molar-refractivity contribution in [3.05, 3.63) is 71.8 Å². The van der Waals surface area contributed by atoms with Crippen LogP contribution in [0.4, 0.5) is 0 Å². The molecule has 0 bridgehead atoms. The summed E-state index contributed by atoms with van der Waals surface area (Å²) in [6.45, 7) is 0.482. The molecule has 0 amide bonds. The Kier molecular flexibility index (Phi) is 4.90. The normalized spacial score (nSPS) is 26.2. The molecule has 3 nitrogen and oxygen atoms in total. The molecule has 138 valence electrons. The van der Waals surface area contributed by atoms with Gasteiger partial charge in [-0.15, -0.1) is 0 Å². The number of fused-ring (bicyclic) bond motifs is 1. The van der Waals surface area contributed by atoms with Gasteiger partial charge in [0.25, 0.3) is 0 Å². The monoisotopic (exact) mass is 359 g/mol. The van der Waals surface area contributed by atoms with Gasteiger partial charge in [-0.3, -0.25) is 0 Å². The Morgan fingerprint density at radius 3 is 2.33 bits per heavy atom.